The number of hydrogen-bond acceptors (Lipinski definition) is 7. The molecule has 0 aliphatic carbocycles. The highest BCUT2D eigenvalue weighted by atomic mass is 32.2. The molecule has 3 aromatic heterocycles. The maximum absolute atomic E-state index is 10.7. The van der Waals surface area contributed by atoms with Crippen LogP contribution in [0.3, 0.4) is 0 Å². The number of carbonyl (C=O) groups is 1. The second-order valence-electron chi connectivity index (χ2n) is 4.24. The van der Waals surface area contributed by atoms with E-state index in [2.05, 4.69) is 27.9 Å². The van der Waals surface area contributed by atoms with Crippen LogP contribution in [0.15, 0.2) is 27.1 Å². The van der Waals surface area contributed by atoms with Gasteiger partial charge in [-0.1, -0.05) is 6.92 Å². The minimum atomic E-state index is -0.869. The summed E-state index contributed by atoms with van der Waals surface area (Å²) in [6.45, 7) is 2.12. The van der Waals surface area contributed by atoms with Gasteiger partial charge in [-0.3, -0.25) is 4.79 Å². The Morgan fingerprint density at radius 2 is 2.29 bits per heavy atom. The van der Waals surface area contributed by atoms with Crippen molar-refractivity contribution in [2.75, 3.05) is 0 Å². The first-order valence-corrected chi connectivity index (χ1v) is 8.74. The lowest BCUT2D eigenvalue weighted by molar-refractivity contribution is -0.136. The minimum absolute atomic E-state index is 0.0469. The van der Waals surface area contributed by atoms with Crippen LogP contribution in [0.2, 0.25) is 0 Å². The lowest BCUT2D eigenvalue weighted by atomic mass is 10.3. The van der Waals surface area contributed by atoms with Crippen LogP contribution >= 0.6 is 34.4 Å². The molecule has 3 aromatic rings. The molecule has 0 aliphatic rings. The molecule has 0 fully saturated rings. The molecule has 1 N–H and O–H groups in total. The minimum Gasteiger partial charge on any atom is -0.481 e. The molecule has 0 atom stereocenters. The average Bonchev–Trinajstić information content (AvgIpc) is 3.05. The fourth-order valence-electron chi connectivity index (χ4n) is 1.79. The van der Waals surface area contributed by atoms with Crippen molar-refractivity contribution in [3.8, 4) is 0 Å². The average molecular weight is 337 g/mol. The van der Waals surface area contributed by atoms with Gasteiger partial charge in [-0.05, 0) is 24.2 Å². The summed E-state index contributed by atoms with van der Waals surface area (Å²) in [5, 5.41) is 12.5. The van der Waals surface area contributed by atoms with E-state index in [0.717, 1.165) is 26.0 Å². The molecular weight excluding hydrogens is 326 g/mol. The summed E-state index contributed by atoms with van der Waals surface area (Å²) in [4.78, 5) is 25.9. The van der Waals surface area contributed by atoms with Gasteiger partial charge in [-0.25, -0.2) is 15.0 Å². The zero-order valence-corrected chi connectivity index (χ0v) is 13.5. The largest absolute Gasteiger partial charge is 0.481 e. The summed E-state index contributed by atoms with van der Waals surface area (Å²) in [5.41, 5.74) is 0.583. The summed E-state index contributed by atoms with van der Waals surface area (Å²) < 4.78 is 0.801. The summed E-state index contributed by atoms with van der Waals surface area (Å²) in [6, 6.07) is 2.12. The highest BCUT2D eigenvalue weighted by molar-refractivity contribution is 8.01. The predicted octanol–water partition coefficient (Wildman–Crippen LogP) is 3.49. The highest BCUT2D eigenvalue weighted by Crippen LogP contribution is 2.36. The van der Waals surface area contributed by atoms with Crippen LogP contribution in [0.5, 0.6) is 0 Å². The number of rotatable bonds is 5. The van der Waals surface area contributed by atoms with Crippen LogP contribution in [-0.2, 0) is 17.6 Å². The first-order valence-electron chi connectivity index (χ1n) is 6.23. The molecule has 0 radical (unpaired) electrons. The second-order valence-corrected chi connectivity index (χ2v) is 7.45. The summed E-state index contributed by atoms with van der Waals surface area (Å²) >= 11 is 4.57. The lowest BCUT2D eigenvalue weighted by Gasteiger charge is -1.97. The van der Waals surface area contributed by atoms with Gasteiger partial charge in [-0.15, -0.1) is 22.7 Å². The summed E-state index contributed by atoms with van der Waals surface area (Å²) in [7, 11) is 0. The third-order valence-electron chi connectivity index (χ3n) is 2.74. The van der Waals surface area contributed by atoms with Gasteiger partial charge in [0.2, 0.25) is 0 Å². The molecule has 0 saturated heterocycles. The van der Waals surface area contributed by atoms with Gasteiger partial charge in [0.05, 0.1) is 12.1 Å². The number of aryl methyl sites for hydroxylation is 1. The molecule has 0 unspecified atom stereocenters. The quantitative estimate of drug-likeness (QED) is 0.718. The fraction of sp³-hybridized carbons (Fsp3) is 0.231. The van der Waals surface area contributed by atoms with Crippen molar-refractivity contribution in [2.24, 2.45) is 0 Å². The first-order chi connectivity index (χ1) is 10.2. The number of nitrogens with zero attached hydrogens (tertiary/aromatic N) is 3. The van der Waals surface area contributed by atoms with E-state index in [-0.39, 0.29) is 6.42 Å². The van der Waals surface area contributed by atoms with Crippen molar-refractivity contribution in [3.63, 3.8) is 0 Å². The summed E-state index contributed by atoms with van der Waals surface area (Å²) in [6.07, 6.45) is 2.49. The van der Waals surface area contributed by atoms with Crippen molar-refractivity contribution >= 4 is 50.6 Å². The molecule has 0 aliphatic heterocycles. The molecule has 3 rings (SSSR count). The Bertz CT molecular complexity index is 797. The van der Waals surface area contributed by atoms with Gasteiger partial charge in [-0.2, -0.15) is 0 Å². The SMILES string of the molecule is CCc1cc2c(Sc3nc(CC(=O)O)cs3)ncnc2s1. The zero-order valence-electron chi connectivity index (χ0n) is 11.1. The number of aliphatic carboxylic acids is 1. The van der Waals surface area contributed by atoms with Gasteiger partial charge >= 0.3 is 5.97 Å². The molecule has 108 valence electrons. The van der Waals surface area contributed by atoms with E-state index in [1.165, 1.54) is 28.0 Å². The van der Waals surface area contributed by atoms with E-state index in [0.29, 0.717) is 5.69 Å². The number of hydrogen-bond donors (Lipinski definition) is 1. The van der Waals surface area contributed by atoms with E-state index >= 15 is 0 Å². The Kier molecular flexibility index (Phi) is 4.18. The van der Waals surface area contributed by atoms with Gasteiger partial charge in [0, 0.05) is 15.6 Å². The number of thiazole rings is 1. The van der Waals surface area contributed by atoms with E-state index in [9.17, 15) is 4.79 Å². The standard InChI is InChI=1S/C13H11N3O2S3/c1-2-8-4-9-11(20-8)14-6-15-12(9)21-13-16-7(5-19-13)3-10(17)18/h4-6H,2-3H2,1H3,(H,17,18). The fourth-order valence-corrected chi connectivity index (χ4v) is 4.60. The van der Waals surface area contributed by atoms with Crippen LogP contribution in [-0.4, -0.2) is 26.0 Å². The lowest BCUT2D eigenvalue weighted by Crippen LogP contribution is -1.99. The monoisotopic (exact) mass is 337 g/mol. The predicted molar refractivity (Wildman–Crippen MR) is 84.4 cm³/mol. The van der Waals surface area contributed by atoms with Crippen LogP contribution < -0.4 is 0 Å². The topological polar surface area (TPSA) is 76.0 Å². The van der Waals surface area contributed by atoms with Gasteiger partial charge in [0.25, 0.3) is 0 Å². The molecule has 5 nitrogen and oxygen atoms in total. The van der Waals surface area contributed by atoms with E-state index in [4.69, 9.17) is 5.11 Å². The number of aromatic nitrogens is 3. The van der Waals surface area contributed by atoms with Crippen molar-refractivity contribution in [3.05, 3.63) is 28.3 Å². The second kappa shape index (κ2) is 6.08. The third kappa shape index (κ3) is 3.22. The van der Waals surface area contributed by atoms with E-state index in [1.54, 1.807) is 23.0 Å². The molecule has 0 bridgehead atoms. The van der Waals surface area contributed by atoms with Crippen LogP contribution in [0.4, 0.5) is 0 Å². The number of thiophene rings is 1. The van der Waals surface area contributed by atoms with Crippen molar-refractivity contribution < 1.29 is 9.90 Å². The molecule has 0 saturated carbocycles. The van der Waals surface area contributed by atoms with Crippen LogP contribution in [0, 0.1) is 0 Å². The third-order valence-corrected chi connectivity index (χ3v) is 5.93. The molecule has 0 aromatic carbocycles. The van der Waals surface area contributed by atoms with E-state index in [1.807, 2.05) is 0 Å². The van der Waals surface area contributed by atoms with Crippen molar-refractivity contribution in [1.29, 1.82) is 0 Å². The van der Waals surface area contributed by atoms with Crippen molar-refractivity contribution in [1.82, 2.24) is 15.0 Å². The first kappa shape index (κ1) is 14.4. The van der Waals surface area contributed by atoms with Gasteiger partial charge in [0.15, 0.2) is 4.34 Å². The molecule has 21 heavy (non-hydrogen) atoms. The number of carboxylic acids is 1. The Morgan fingerprint density at radius 1 is 1.43 bits per heavy atom. The Hall–Kier alpha value is -1.51. The molecule has 3 heterocycles. The molecular formula is C13H11N3O2S3. The molecule has 8 heteroatoms. The number of fused-ring (bicyclic) bond motifs is 1. The van der Waals surface area contributed by atoms with E-state index < -0.39 is 5.97 Å². The molecule has 0 spiro atoms. The highest BCUT2D eigenvalue weighted by Gasteiger charge is 2.12. The molecule has 0 amide bonds. The summed E-state index contributed by atoms with van der Waals surface area (Å²) in [5.74, 6) is -0.869. The van der Waals surface area contributed by atoms with Gasteiger partial charge < -0.3 is 5.11 Å². The Balaban J connectivity index is 1.89. The van der Waals surface area contributed by atoms with Gasteiger partial charge in [0.1, 0.15) is 16.2 Å². The van der Waals surface area contributed by atoms with Crippen molar-refractivity contribution in [2.45, 2.75) is 29.1 Å². The Labute approximate surface area is 133 Å². The Morgan fingerprint density at radius 3 is 3.05 bits per heavy atom. The zero-order chi connectivity index (χ0) is 14.8. The maximum atomic E-state index is 10.7. The smallest absolute Gasteiger partial charge is 0.309 e. The van der Waals surface area contributed by atoms with Crippen LogP contribution in [0.25, 0.3) is 10.2 Å². The number of carboxylic acid groups (broad SMARTS) is 1. The maximum Gasteiger partial charge on any atom is 0.309 e. The van der Waals surface area contributed by atoms with Crippen LogP contribution in [0.1, 0.15) is 17.5 Å². The normalized spacial score (nSPS) is 11.1.